The van der Waals surface area contributed by atoms with E-state index in [0.717, 1.165) is 43.2 Å². The average Bonchev–Trinajstić information content (AvgIpc) is 2.84. The molecule has 9 nitrogen and oxygen atoms in total. The van der Waals surface area contributed by atoms with Gasteiger partial charge < -0.3 is 25.2 Å². The van der Waals surface area contributed by atoms with Crippen LogP contribution in [0.3, 0.4) is 0 Å². The fourth-order valence-electron chi connectivity index (χ4n) is 3.94. The largest absolute Gasteiger partial charge is 0.495 e. The van der Waals surface area contributed by atoms with Gasteiger partial charge in [0.2, 0.25) is 0 Å². The Labute approximate surface area is 195 Å². The molecule has 2 N–H and O–H groups in total. The second-order valence-electron chi connectivity index (χ2n) is 8.27. The maximum Gasteiger partial charge on any atom is 0.309 e. The van der Waals surface area contributed by atoms with Gasteiger partial charge in [0.05, 0.1) is 18.8 Å². The summed E-state index contributed by atoms with van der Waals surface area (Å²) < 4.78 is 5.52. The van der Waals surface area contributed by atoms with Crippen LogP contribution in [0, 0.1) is 0 Å². The Morgan fingerprint density at radius 3 is 2.45 bits per heavy atom. The summed E-state index contributed by atoms with van der Waals surface area (Å²) in [5.41, 5.74) is 2.09. The zero-order valence-electron chi connectivity index (χ0n) is 19.7. The molecule has 9 heteroatoms. The van der Waals surface area contributed by atoms with Crippen molar-refractivity contribution in [1.82, 2.24) is 25.4 Å². The lowest BCUT2D eigenvalue weighted by atomic mass is 10.1. The quantitative estimate of drug-likeness (QED) is 0.541. The number of methoxy groups -OCH3 is 1. The Morgan fingerprint density at radius 1 is 1.06 bits per heavy atom. The van der Waals surface area contributed by atoms with E-state index in [1.165, 1.54) is 0 Å². The number of hydrogen-bond donors (Lipinski definition) is 2. The molecule has 1 aromatic heterocycles. The number of carbonyl (C=O) groups is 2. The second kappa shape index (κ2) is 12.2. The molecule has 0 unspecified atom stereocenters. The third kappa shape index (κ3) is 6.90. The fourth-order valence-corrected chi connectivity index (χ4v) is 3.94. The van der Waals surface area contributed by atoms with Crippen LogP contribution >= 0.6 is 0 Å². The first-order chi connectivity index (χ1) is 16.0. The van der Waals surface area contributed by atoms with Gasteiger partial charge in [0.25, 0.3) is 0 Å². The minimum Gasteiger partial charge on any atom is -0.495 e. The lowest BCUT2D eigenvalue weighted by Gasteiger charge is -2.40. The first-order valence-corrected chi connectivity index (χ1v) is 11.2. The van der Waals surface area contributed by atoms with Crippen molar-refractivity contribution in [2.45, 2.75) is 6.04 Å². The van der Waals surface area contributed by atoms with Gasteiger partial charge in [-0.05, 0) is 37.9 Å². The number of amides is 2. The molecule has 1 fully saturated rings. The highest BCUT2D eigenvalue weighted by Crippen LogP contribution is 2.30. The summed E-state index contributed by atoms with van der Waals surface area (Å²) in [6, 6.07) is 11.9. The molecule has 2 aromatic rings. The number of piperazine rings is 1. The highest BCUT2D eigenvalue weighted by molar-refractivity contribution is 6.35. The van der Waals surface area contributed by atoms with Gasteiger partial charge in [0.1, 0.15) is 5.75 Å². The molecule has 0 aliphatic carbocycles. The molecular formula is C24H34N6O3. The summed E-state index contributed by atoms with van der Waals surface area (Å²) in [5, 5.41) is 5.46. The van der Waals surface area contributed by atoms with Crippen molar-refractivity contribution < 1.29 is 14.3 Å². The molecule has 0 spiro atoms. The molecule has 33 heavy (non-hydrogen) atoms. The maximum atomic E-state index is 12.4. The summed E-state index contributed by atoms with van der Waals surface area (Å²) >= 11 is 0. The fraction of sp³-hybridized carbons (Fsp3) is 0.458. The first kappa shape index (κ1) is 24.5. The number of ether oxygens (including phenoxy) is 1. The minimum atomic E-state index is -0.615. The van der Waals surface area contributed by atoms with E-state index in [1.807, 2.05) is 55.5 Å². The van der Waals surface area contributed by atoms with Gasteiger partial charge in [-0.15, -0.1) is 0 Å². The third-order valence-corrected chi connectivity index (χ3v) is 5.76. The van der Waals surface area contributed by atoms with Crippen LogP contribution in [-0.4, -0.2) is 93.6 Å². The number of hydrogen-bond acceptors (Lipinski definition) is 7. The monoisotopic (exact) mass is 454 g/mol. The van der Waals surface area contributed by atoms with E-state index in [0.29, 0.717) is 19.6 Å². The molecule has 1 atom stereocenters. The predicted octanol–water partition coefficient (Wildman–Crippen LogP) is 0.748. The predicted molar refractivity (Wildman–Crippen MR) is 128 cm³/mol. The van der Waals surface area contributed by atoms with Gasteiger partial charge in [-0.25, -0.2) is 0 Å². The second-order valence-corrected chi connectivity index (χ2v) is 8.27. The molecule has 2 amide bonds. The van der Waals surface area contributed by atoms with Crippen molar-refractivity contribution in [3.05, 3.63) is 54.4 Å². The lowest BCUT2D eigenvalue weighted by Crippen LogP contribution is -2.51. The average molecular weight is 455 g/mol. The van der Waals surface area contributed by atoms with Gasteiger partial charge >= 0.3 is 11.8 Å². The first-order valence-electron chi connectivity index (χ1n) is 11.2. The number of para-hydroxylation sites is 2. The smallest absolute Gasteiger partial charge is 0.309 e. The van der Waals surface area contributed by atoms with Crippen molar-refractivity contribution in [2.24, 2.45) is 0 Å². The molecule has 2 heterocycles. The van der Waals surface area contributed by atoms with Gasteiger partial charge in [-0.1, -0.05) is 18.2 Å². The van der Waals surface area contributed by atoms with Crippen molar-refractivity contribution in [3.63, 3.8) is 0 Å². The number of nitrogens with zero attached hydrogens (tertiary/aromatic N) is 4. The van der Waals surface area contributed by atoms with Crippen LogP contribution < -0.4 is 20.3 Å². The molecule has 1 aliphatic rings. The molecular weight excluding hydrogens is 420 g/mol. The van der Waals surface area contributed by atoms with Crippen LogP contribution in [0.2, 0.25) is 0 Å². The van der Waals surface area contributed by atoms with Crippen LogP contribution in [0.25, 0.3) is 0 Å². The summed E-state index contributed by atoms with van der Waals surface area (Å²) in [5.74, 6) is -0.361. The molecule has 0 radical (unpaired) electrons. The molecule has 3 rings (SSSR count). The lowest BCUT2D eigenvalue weighted by molar-refractivity contribution is -0.139. The standard InChI is InChI=1S/C24H34N6O3/c1-28(2)12-11-26-23(31)24(32)27-18-21(19-7-6-10-25-17-19)30-15-13-29(14-16-30)20-8-4-5-9-22(20)33-3/h4-10,17,21H,11-16,18H2,1-3H3,(H,26,31)(H,27,32)/t21-/m1/s1. The number of likely N-dealkylation sites (N-methyl/N-ethyl adjacent to an activating group) is 1. The van der Waals surface area contributed by atoms with E-state index in [1.54, 1.807) is 13.3 Å². The zero-order valence-corrected chi connectivity index (χ0v) is 19.7. The number of pyridine rings is 1. The SMILES string of the molecule is COc1ccccc1N1CCN([C@H](CNC(=O)C(=O)NCCN(C)C)c2cccnc2)CC1. The molecule has 0 bridgehead atoms. The Balaban J connectivity index is 1.61. The van der Waals surface area contributed by atoms with E-state index in [-0.39, 0.29) is 6.04 Å². The van der Waals surface area contributed by atoms with Crippen molar-refractivity contribution in [3.8, 4) is 5.75 Å². The summed E-state index contributed by atoms with van der Waals surface area (Å²) in [7, 11) is 5.52. The molecule has 178 valence electrons. The molecule has 1 aliphatic heterocycles. The van der Waals surface area contributed by atoms with Gasteiger partial charge in [0.15, 0.2) is 0 Å². The van der Waals surface area contributed by atoms with Crippen LogP contribution in [0.1, 0.15) is 11.6 Å². The van der Waals surface area contributed by atoms with Crippen molar-refractivity contribution in [1.29, 1.82) is 0 Å². The normalized spacial score (nSPS) is 15.2. The Hall–Kier alpha value is -3.17. The van der Waals surface area contributed by atoms with Gasteiger partial charge in [-0.3, -0.25) is 19.5 Å². The molecule has 1 saturated heterocycles. The van der Waals surface area contributed by atoms with E-state index in [2.05, 4.69) is 31.5 Å². The van der Waals surface area contributed by atoms with Crippen LogP contribution in [0.15, 0.2) is 48.8 Å². The van der Waals surface area contributed by atoms with Gasteiger partial charge in [0, 0.05) is 58.2 Å². The molecule has 1 aromatic carbocycles. The van der Waals surface area contributed by atoms with Gasteiger partial charge in [-0.2, -0.15) is 0 Å². The number of benzene rings is 1. The highest BCUT2D eigenvalue weighted by atomic mass is 16.5. The number of carbonyl (C=O) groups excluding carboxylic acids is 2. The van der Waals surface area contributed by atoms with E-state index >= 15 is 0 Å². The maximum absolute atomic E-state index is 12.4. The third-order valence-electron chi connectivity index (χ3n) is 5.76. The van der Waals surface area contributed by atoms with Crippen molar-refractivity contribution >= 4 is 17.5 Å². The topological polar surface area (TPSA) is 90.0 Å². The van der Waals surface area contributed by atoms with E-state index in [9.17, 15) is 9.59 Å². The van der Waals surface area contributed by atoms with Crippen LogP contribution in [-0.2, 0) is 9.59 Å². The van der Waals surface area contributed by atoms with Crippen molar-refractivity contribution in [2.75, 3.05) is 71.9 Å². The minimum absolute atomic E-state index is 0.0722. The van der Waals surface area contributed by atoms with Crippen LogP contribution in [0.5, 0.6) is 5.75 Å². The van der Waals surface area contributed by atoms with E-state index < -0.39 is 11.8 Å². The highest BCUT2D eigenvalue weighted by Gasteiger charge is 2.27. The number of aromatic nitrogens is 1. The number of anilines is 1. The van der Waals surface area contributed by atoms with E-state index in [4.69, 9.17) is 4.74 Å². The Morgan fingerprint density at radius 2 is 1.79 bits per heavy atom. The number of nitrogens with one attached hydrogen (secondary N) is 2. The molecule has 0 saturated carbocycles. The van der Waals surface area contributed by atoms with Crippen LogP contribution in [0.4, 0.5) is 5.69 Å². The summed E-state index contributed by atoms with van der Waals surface area (Å²) in [6.45, 7) is 4.71. The zero-order chi connectivity index (χ0) is 23.6. The number of rotatable bonds is 9. The summed E-state index contributed by atoms with van der Waals surface area (Å²) in [4.78, 5) is 35.3. The Kier molecular flexibility index (Phi) is 9.03. The summed E-state index contributed by atoms with van der Waals surface area (Å²) in [6.07, 6.45) is 3.55. The Bertz CT molecular complexity index is 900.